The minimum Gasteiger partial charge on any atom is -0.384 e. The SMILES string of the molecule is Cc1ccc(NC(=O)c2ccc(Cl)c(C(F)(F)F)c2)cc1C#Cc1nn(C2CCCN(C(=O)[C@H](C)O)C2)c2ncnc(N)c12. The molecule has 44 heavy (non-hydrogen) atoms. The first-order valence-electron chi connectivity index (χ1n) is 13.6. The molecule has 1 unspecified atom stereocenters. The van der Waals surface area contributed by atoms with Crippen molar-refractivity contribution in [2.75, 3.05) is 24.1 Å². The quantitative estimate of drug-likeness (QED) is 0.282. The summed E-state index contributed by atoms with van der Waals surface area (Å²) in [6.07, 6.45) is -3.08. The Bertz CT molecular complexity index is 1830. The van der Waals surface area contributed by atoms with E-state index in [1.165, 1.54) is 19.3 Å². The number of rotatable bonds is 4. The van der Waals surface area contributed by atoms with Crippen LogP contribution in [0.4, 0.5) is 24.7 Å². The van der Waals surface area contributed by atoms with Crippen LogP contribution in [-0.2, 0) is 11.0 Å². The maximum atomic E-state index is 13.3. The van der Waals surface area contributed by atoms with Crippen molar-refractivity contribution in [2.24, 2.45) is 0 Å². The van der Waals surface area contributed by atoms with Crippen LogP contribution in [-0.4, -0.2) is 60.8 Å². The summed E-state index contributed by atoms with van der Waals surface area (Å²) in [5.74, 6) is 5.14. The summed E-state index contributed by atoms with van der Waals surface area (Å²) in [4.78, 5) is 35.3. The van der Waals surface area contributed by atoms with Crippen LogP contribution in [0, 0.1) is 18.8 Å². The van der Waals surface area contributed by atoms with Gasteiger partial charge in [-0.2, -0.15) is 18.3 Å². The third kappa shape index (κ3) is 6.31. The van der Waals surface area contributed by atoms with Gasteiger partial charge in [0, 0.05) is 29.9 Å². The summed E-state index contributed by atoms with van der Waals surface area (Å²) in [5.41, 5.74) is 7.27. The molecule has 1 aliphatic heterocycles. The fourth-order valence-corrected chi connectivity index (χ4v) is 5.23. The largest absolute Gasteiger partial charge is 0.417 e. The molecule has 10 nitrogen and oxygen atoms in total. The monoisotopic (exact) mass is 625 g/mol. The molecule has 0 aliphatic carbocycles. The van der Waals surface area contributed by atoms with Gasteiger partial charge in [0.05, 0.1) is 22.0 Å². The second kappa shape index (κ2) is 12.1. The van der Waals surface area contributed by atoms with E-state index in [1.54, 1.807) is 27.8 Å². The Balaban J connectivity index is 1.44. The molecule has 1 fully saturated rings. The Kier molecular flexibility index (Phi) is 8.49. The summed E-state index contributed by atoms with van der Waals surface area (Å²) in [5, 5.41) is 17.0. The van der Waals surface area contributed by atoms with Crippen molar-refractivity contribution in [2.45, 2.75) is 45.0 Å². The number of nitrogens with two attached hydrogens (primary N) is 1. The molecule has 2 atom stereocenters. The number of fused-ring (bicyclic) bond motifs is 1. The van der Waals surface area contributed by atoms with Gasteiger partial charge < -0.3 is 21.1 Å². The fourth-order valence-electron chi connectivity index (χ4n) is 5.00. The number of halogens is 4. The third-order valence-corrected chi connectivity index (χ3v) is 7.60. The first-order chi connectivity index (χ1) is 20.8. The zero-order valence-corrected chi connectivity index (χ0v) is 24.4. The zero-order chi connectivity index (χ0) is 31.8. The van der Waals surface area contributed by atoms with Crippen LogP contribution in [0.3, 0.4) is 0 Å². The number of aromatic nitrogens is 4. The number of carbonyl (C=O) groups excluding carboxylic acids is 2. The number of nitrogens with one attached hydrogen (secondary N) is 1. The van der Waals surface area contributed by atoms with Gasteiger partial charge in [0.15, 0.2) is 5.65 Å². The van der Waals surface area contributed by atoms with Gasteiger partial charge in [0.1, 0.15) is 23.9 Å². The number of alkyl halides is 3. The summed E-state index contributed by atoms with van der Waals surface area (Å²) >= 11 is 5.68. The van der Waals surface area contributed by atoms with E-state index in [-0.39, 0.29) is 23.3 Å². The Morgan fingerprint density at radius 3 is 2.68 bits per heavy atom. The summed E-state index contributed by atoms with van der Waals surface area (Å²) < 4.78 is 41.5. The van der Waals surface area contributed by atoms with E-state index in [2.05, 4.69) is 27.1 Å². The van der Waals surface area contributed by atoms with E-state index < -0.39 is 28.8 Å². The van der Waals surface area contributed by atoms with Crippen LogP contribution in [0.15, 0.2) is 42.7 Å². The molecule has 14 heteroatoms. The smallest absolute Gasteiger partial charge is 0.384 e. The number of amides is 2. The highest BCUT2D eigenvalue weighted by molar-refractivity contribution is 6.31. The van der Waals surface area contributed by atoms with E-state index in [4.69, 9.17) is 22.4 Å². The minimum absolute atomic E-state index is 0.178. The topological polar surface area (TPSA) is 139 Å². The second-order valence-corrected chi connectivity index (χ2v) is 10.8. The van der Waals surface area contributed by atoms with Gasteiger partial charge >= 0.3 is 6.18 Å². The molecule has 2 aromatic heterocycles. The number of hydrogen-bond donors (Lipinski definition) is 3. The number of anilines is 2. The van der Waals surface area contributed by atoms with Gasteiger partial charge in [0.2, 0.25) is 0 Å². The number of benzene rings is 2. The average molecular weight is 626 g/mol. The van der Waals surface area contributed by atoms with Gasteiger partial charge in [-0.3, -0.25) is 9.59 Å². The summed E-state index contributed by atoms with van der Waals surface area (Å²) in [6.45, 7) is 4.10. The molecule has 1 saturated heterocycles. The Morgan fingerprint density at radius 2 is 1.95 bits per heavy atom. The zero-order valence-electron chi connectivity index (χ0n) is 23.6. The molecular weight excluding hydrogens is 599 g/mol. The molecule has 0 bridgehead atoms. The lowest BCUT2D eigenvalue weighted by Gasteiger charge is -2.33. The van der Waals surface area contributed by atoms with Crippen LogP contribution in [0.1, 0.15) is 58.5 Å². The van der Waals surface area contributed by atoms with Crippen molar-refractivity contribution in [1.29, 1.82) is 0 Å². The number of nitrogens with zero attached hydrogens (tertiary/aromatic N) is 5. The molecule has 228 valence electrons. The van der Waals surface area contributed by atoms with E-state index in [0.717, 1.165) is 18.1 Å². The predicted molar refractivity (Wildman–Crippen MR) is 158 cm³/mol. The van der Waals surface area contributed by atoms with Gasteiger partial charge in [-0.15, -0.1) is 0 Å². The van der Waals surface area contributed by atoms with Gasteiger partial charge in [-0.05, 0) is 68.5 Å². The molecule has 4 N–H and O–H groups in total. The number of carbonyl (C=O) groups is 2. The fraction of sp³-hybridized carbons (Fsp3) is 0.300. The maximum Gasteiger partial charge on any atom is 0.417 e. The van der Waals surface area contributed by atoms with Crippen LogP contribution in [0.5, 0.6) is 0 Å². The molecular formula is C30H27ClF3N7O3. The average Bonchev–Trinajstić information content (AvgIpc) is 3.36. The van der Waals surface area contributed by atoms with Crippen molar-refractivity contribution in [3.05, 3.63) is 75.7 Å². The highest BCUT2D eigenvalue weighted by atomic mass is 35.5. The van der Waals surface area contributed by atoms with Crippen LogP contribution < -0.4 is 11.1 Å². The molecule has 0 saturated carbocycles. The van der Waals surface area contributed by atoms with Gasteiger partial charge in [-0.1, -0.05) is 23.6 Å². The number of aryl methyl sites for hydroxylation is 1. The molecule has 4 aromatic rings. The molecule has 3 heterocycles. The number of aliphatic hydroxyl groups is 1. The van der Waals surface area contributed by atoms with Crippen molar-refractivity contribution >= 4 is 46.0 Å². The van der Waals surface area contributed by atoms with Gasteiger partial charge in [-0.25, -0.2) is 14.6 Å². The lowest BCUT2D eigenvalue weighted by atomic mass is 10.1. The van der Waals surface area contributed by atoms with Crippen molar-refractivity contribution < 1.29 is 27.9 Å². The molecule has 2 aromatic carbocycles. The second-order valence-electron chi connectivity index (χ2n) is 10.4. The van der Waals surface area contributed by atoms with Crippen molar-refractivity contribution in [3.8, 4) is 11.8 Å². The lowest BCUT2D eigenvalue weighted by Crippen LogP contribution is -2.44. The highest BCUT2D eigenvalue weighted by Crippen LogP contribution is 2.35. The molecule has 1 aliphatic rings. The first-order valence-corrected chi connectivity index (χ1v) is 14.0. The maximum absolute atomic E-state index is 13.3. The lowest BCUT2D eigenvalue weighted by molar-refractivity contribution is -0.141. The van der Waals surface area contributed by atoms with Crippen molar-refractivity contribution in [1.82, 2.24) is 24.6 Å². The normalized spacial score (nSPS) is 15.9. The van der Waals surface area contributed by atoms with E-state index in [1.807, 2.05) is 6.92 Å². The summed E-state index contributed by atoms with van der Waals surface area (Å²) in [6, 6.07) is 7.63. The Morgan fingerprint density at radius 1 is 1.18 bits per heavy atom. The Hall–Kier alpha value is -4.67. The molecule has 5 rings (SSSR count). The van der Waals surface area contributed by atoms with Crippen LogP contribution >= 0.6 is 11.6 Å². The van der Waals surface area contributed by atoms with Crippen molar-refractivity contribution in [3.63, 3.8) is 0 Å². The summed E-state index contributed by atoms with van der Waals surface area (Å²) in [7, 11) is 0. The van der Waals surface area contributed by atoms with E-state index in [0.29, 0.717) is 53.6 Å². The minimum atomic E-state index is -4.71. The number of nitrogen functional groups attached to an aromatic ring is 1. The standard InChI is InChI=1S/C30H27ClF3N7O3/c1-16-5-8-20(38-28(43)19-6-9-23(31)22(13-19)30(32,33)34)12-18(16)7-10-24-25-26(35)36-15-37-27(25)41(39-24)21-4-3-11-40(14-21)29(44)17(2)42/h5-6,8-9,12-13,15,17,21,42H,3-4,11,14H2,1-2H3,(H,38,43)(H2,35,36,37)/t17-,21?/m0/s1. The third-order valence-electron chi connectivity index (χ3n) is 7.27. The molecule has 2 amide bonds. The molecule has 0 spiro atoms. The van der Waals surface area contributed by atoms with E-state index >= 15 is 0 Å². The number of likely N-dealkylation sites (tertiary alicyclic amines) is 1. The molecule has 0 radical (unpaired) electrons. The number of hydrogen-bond acceptors (Lipinski definition) is 7. The number of aliphatic hydroxyl groups excluding tert-OH is 1. The first kappa shape index (κ1) is 30.8. The predicted octanol–water partition coefficient (Wildman–Crippen LogP) is 4.59. The Labute approximate surface area is 255 Å². The van der Waals surface area contributed by atoms with E-state index in [9.17, 15) is 27.9 Å². The van der Waals surface area contributed by atoms with Crippen LogP contribution in [0.2, 0.25) is 5.02 Å². The van der Waals surface area contributed by atoms with Crippen LogP contribution in [0.25, 0.3) is 11.0 Å². The number of piperidine rings is 1. The highest BCUT2D eigenvalue weighted by Gasteiger charge is 2.34. The van der Waals surface area contributed by atoms with Gasteiger partial charge in [0.25, 0.3) is 11.8 Å².